The number of carbonyl (C=O) groups excluding carboxylic acids is 3. The summed E-state index contributed by atoms with van der Waals surface area (Å²) in [6.45, 7) is 2.43. The number of fused-ring (bicyclic) bond motifs is 3. The Morgan fingerprint density at radius 1 is 0.872 bits per heavy atom. The largest absolute Gasteiger partial charge is 0.449 e. The van der Waals surface area contributed by atoms with Gasteiger partial charge >= 0.3 is 12.1 Å². The van der Waals surface area contributed by atoms with E-state index in [1.165, 1.54) is 6.92 Å². The number of terminal acetylenes is 1. The van der Waals surface area contributed by atoms with Crippen molar-refractivity contribution in [1.82, 2.24) is 5.32 Å². The van der Waals surface area contributed by atoms with E-state index < -0.39 is 44.8 Å². The number of rotatable bonds is 11. The second-order valence-corrected chi connectivity index (χ2v) is 11.8. The molecule has 3 atom stereocenters. The van der Waals surface area contributed by atoms with E-state index in [4.69, 9.17) is 20.4 Å². The van der Waals surface area contributed by atoms with E-state index in [1.54, 1.807) is 31.2 Å². The minimum Gasteiger partial charge on any atom is -0.449 e. The number of hydrogen-bond acceptors (Lipinski definition) is 7. The van der Waals surface area contributed by atoms with Gasteiger partial charge in [-0.2, -0.15) is 0 Å². The van der Waals surface area contributed by atoms with E-state index in [1.807, 2.05) is 48.5 Å². The molecule has 236 valence electrons. The van der Waals surface area contributed by atoms with Gasteiger partial charge in [0.1, 0.15) is 12.6 Å². The lowest BCUT2D eigenvalue weighted by molar-refractivity contribution is -0.147. The third-order valence-electron chi connectivity index (χ3n) is 7.12. The van der Waals surface area contributed by atoms with Gasteiger partial charge in [-0.1, -0.05) is 61.4 Å². The second kappa shape index (κ2) is 17.1. The van der Waals surface area contributed by atoms with Crippen LogP contribution in [0, 0.1) is 53.8 Å². The van der Waals surface area contributed by atoms with Crippen LogP contribution in [0.25, 0.3) is 11.1 Å². The van der Waals surface area contributed by atoms with Crippen LogP contribution in [0.1, 0.15) is 36.5 Å². The molecule has 0 aliphatic heterocycles. The SMILES string of the molecule is C#CC#CC#CC#Cc1ccc(NC(=O)[C@H](NC(=O)OCC2c3ccccc3-c3ccccc32)C(C)C[PH](=O)OCOC(C)=O)cc1. The Bertz CT molecular complexity index is 1850. The fraction of sp³-hybridized carbons (Fsp3) is 0.216. The maximum Gasteiger partial charge on any atom is 0.407 e. The van der Waals surface area contributed by atoms with Crippen LogP contribution >= 0.6 is 8.03 Å². The lowest BCUT2D eigenvalue weighted by Crippen LogP contribution is -2.48. The van der Waals surface area contributed by atoms with Crippen LogP contribution in [0.2, 0.25) is 0 Å². The molecular formula is C37H31N2O7P. The average Bonchev–Trinajstić information content (AvgIpc) is 3.38. The Hall–Kier alpha value is -5.70. The van der Waals surface area contributed by atoms with Crippen LogP contribution in [0.5, 0.6) is 0 Å². The highest BCUT2D eigenvalue weighted by Gasteiger charge is 2.32. The number of alkyl carbamates (subject to hydrolysis) is 1. The summed E-state index contributed by atoms with van der Waals surface area (Å²) in [4.78, 5) is 37.7. The topological polar surface area (TPSA) is 120 Å². The molecular weight excluding hydrogens is 615 g/mol. The molecule has 0 saturated heterocycles. The molecule has 3 aromatic carbocycles. The predicted molar refractivity (Wildman–Crippen MR) is 179 cm³/mol. The molecule has 0 spiro atoms. The Morgan fingerprint density at radius 3 is 2.13 bits per heavy atom. The lowest BCUT2D eigenvalue weighted by atomic mass is 9.98. The van der Waals surface area contributed by atoms with Gasteiger partial charge in [0, 0.05) is 30.3 Å². The molecule has 2 unspecified atom stereocenters. The van der Waals surface area contributed by atoms with Crippen LogP contribution in [-0.2, 0) is 28.2 Å². The number of anilines is 1. The first kappa shape index (κ1) is 34.2. The van der Waals surface area contributed by atoms with Gasteiger partial charge in [-0.05, 0) is 88.0 Å². The lowest BCUT2D eigenvalue weighted by Gasteiger charge is -2.24. The van der Waals surface area contributed by atoms with Crippen molar-refractivity contribution >= 4 is 31.7 Å². The first-order valence-corrected chi connectivity index (χ1v) is 16.1. The van der Waals surface area contributed by atoms with Crippen molar-refractivity contribution in [1.29, 1.82) is 0 Å². The molecule has 2 N–H and O–H groups in total. The summed E-state index contributed by atoms with van der Waals surface area (Å²) >= 11 is 0. The summed E-state index contributed by atoms with van der Waals surface area (Å²) in [5.41, 5.74) is 5.35. The van der Waals surface area contributed by atoms with Gasteiger partial charge < -0.3 is 20.1 Å². The third kappa shape index (κ3) is 9.89. The van der Waals surface area contributed by atoms with E-state index in [0.717, 1.165) is 22.3 Å². The van der Waals surface area contributed by atoms with Crippen LogP contribution in [0.4, 0.5) is 10.5 Å². The predicted octanol–water partition coefficient (Wildman–Crippen LogP) is 5.17. The zero-order valence-corrected chi connectivity index (χ0v) is 26.7. The van der Waals surface area contributed by atoms with E-state index in [2.05, 4.69) is 52.1 Å². The first-order valence-electron chi connectivity index (χ1n) is 14.5. The highest BCUT2D eigenvalue weighted by molar-refractivity contribution is 7.39. The Morgan fingerprint density at radius 2 is 1.49 bits per heavy atom. The summed E-state index contributed by atoms with van der Waals surface area (Å²) in [5, 5.41) is 5.43. The highest BCUT2D eigenvalue weighted by Crippen LogP contribution is 2.44. The molecule has 10 heteroatoms. The van der Waals surface area contributed by atoms with Gasteiger partial charge in [-0.3, -0.25) is 18.7 Å². The molecule has 0 bridgehead atoms. The molecule has 47 heavy (non-hydrogen) atoms. The standard InChI is InChI=1S/C37H31N2O7P/c1-4-5-6-7-8-9-14-28-19-21-29(22-20-28)38-36(41)35(26(2)24-47(43)46-25-45-27(3)40)39-37(42)44-23-34-32-17-12-10-15-30(32)31-16-11-13-18-33(31)34/h1,10-13,15-22,26,34-35,47H,23-25H2,2-3H3,(H,38,41)(H,39,42)/t26?,35-/m1/s1. The Kier molecular flexibility index (Phi) is 12.4. The normalized spacial score (nSPS) is 12.7. The summed E-state index contributed by atoms with van der Waals surface area (Å²) in [5.74, 6) is 15.6. The number of carbonyl (C=O) groups is 3. The minimum atomic E-state index is -2.73. The molecule has 4 rings (SSSR count). The van der Waals surface area contributed by atoms with Crippen LogP contribution in [0.15, 0.2) is 72.8 Å². The van der Waals surface area contributed by atoms with Gasteiger partial charge in [-0.15, -0.1) is 6.42 Å². The molecule has 0 radical (unpaired) electrons. The second-order valence-electron chi connectivity index (χ2n) is 10.4. The number of esters is 1. The van der Waals surface area contributed by atoms with Crippen molar-refractivity contribution in [2.24, 2.45) is 5.92 Å². The molecule has 2 amide bonds. The van der Waals surface area contributed by atoms with E-state index in [-0.39, 0.29) is 18.7 Å². The van der Waals surface area contributed by atoms with Gasteiger partial charge in [0.15, 0.2) is 14.8 Å². The quantitative estimate of drug-likeness (QED) is 0.128. The zero-order chi connectivity index (χ0) is 33.6. The summed E-state index contributed by atoms with van der Waals surface area (Å²) in [6.07, 6.45) is 4.16. The highest BCUT2D eigenvalue weighted by atomic mass is 31.1. The molecule has 1 aliphatic rings. The van der Waals surface area contributed by atoms with Gasteiger partial charge in [-0.25, -0.2) is 4.79 Å². The summed E-state index contributed by atoms with van der Waals surface area (Å²) in [7, 11) is -2.73. The minimum absolute atomic E-state index is 0.0496. The van der Waals surface area contributed by atoms with Gasteiger partial charge in [0.25, 0.3) is 0 Å². The monoisotopic (exact) mass is 646 g/mol. The molecule has 0 aromatic heterocycles. The smallest absolute Gasteiger partial charge is 0.407 e. The summed E-state index contributed by atoms with van der Waals surface area (Å²) in [6, 6.07) is 21.4. The van der Waals surface area contributed by atoms with Crippen LogP contribution in [0.3, 0.4) is 0 Å². The van der Waals surface area contributed by atoms with E-state index in [0.29, 0.717) is 11.3 Å². The van der Waals surface area contributed by atoms with Crippen molar-refractivity contribution in [2.45, 2.75) is 25.8 Å². The molecule has 0 heterocycles. The van der Waals surface area contributed by atoms with Gasteiger partial charge in [0.05, 0.1) is 0 Å². The van der Waals surface area contributed by atoms with Crippen molar-refractivity contribution in [3.8, 4) is 59.0 Å². The zero-order valence-electron chi connectivity index (χ0n) is 25.7. The van der Waals surface area contributed by atoms with E-state index >= 15 is 0 Å². The van der Waals surface area contributed by atoms with Crippen LogP contribution < -0.4 is 10.6 Å². The Balaban J connectivity index is 1.44. The number of nitrogens with one attached hydrogen (secondary N) is 2. The molecule has 9 nitrogen and oxygen atoms in total. The molecule has 0 fully saturated rings. The van der Waals surface area contributed by atoms with Crippen LogP contribution in [-0.4, -0.2) is 43.6 Å². The first-order chi connectivity index (χ1) is 22.8. The summed E-state index contributed by atoms with van der Waals surface area (Å²) < 4.78 is 28.1. The van der Waals surface area contributed by atoms with Gasteiger partial charge in [0.2, 0.25) is 5.91 Å². The van der Waals surface area contributed by atoms with Crippen molar-refractivity contribution in [3.63, 3.8) is 0 Å². The number of benzene rings is 3. The van der Waals surface area contributed by atoms with Crippen molar-refractivity contribution in [3.05, 3.63) is 89.5 Å². The van der Waals surface area contributed by atoms with Crippen molar-refractivity contribution < 1.29 is 32.9 Å². The fourth-order valence-electron chi connectivity index (χ4n) is 4.94. The maximum atomic E-state index is 13.5. The Labute approximate surface area is 274 Å². The fourth-order valence-corrected chi connectivity index (χ4v) is 6.01. The number of hydrogen-bond donors (Lipinski definition) is 2. The number of amides is 2. The number of ether oxygens (including phenoxy) is 2. The van der Waals surface area contributed by atoms with E-state index in [9.17, 15) is 18.9 Å². The average molecular weight is 647 g/mol. The van der Waals surface area contributed by atoms with Crippen molar-refractivity contribution in [2.75, 3.05) is 24.9 Å². The molecule has 0 saturated carbocycles. The molecule has 3 aromatic rings. The third-order valence-corrected chi connectivity index (χ3v) is 8.54. The maximum absolute atomic E-state index is 13.5. The molecule has 1 aliphatic carbocycles.